The van der Waals surface area contributed by atoms with Gasteiger partial charge in [0.1, 0.15) is 0 Å². The van der Waals surface area contributed by atoms with Crippen molar-refractivity contribution >= 4 is 5.82 Å². The van der Waals surface area contributed by atoms with E-state index in [4.69, 9.17) is 10.3 Å². The molecule has 4 rings (SSSR count). The predicted octanol–water partition coefficient (Wildman–Crippen LogP) is 2.27. The third kappa shape index (κ3) is 2.30. The van der Waals surface area contributed by atoms with Gasteiger partial charge in [0.15, 0.2) is 11.5 Å². The van der Waals surface area contributed by atoms with E-state index in [-0.39, 0.29) is 5.89 Å². The Balaban J connectivity index is 1.74. The largest absolute Gasteiger partial charge is 0.382 e. The summed E-state index contributed by atoms with van der Waals surface area (Å²) < 4.78 is 6.83. The lowest BCUT2D eigenvalue weighted by Gasteiger charge is -2.05. The third-order valence-electron chi connectivity index (χ3n) is 3.60. The average molecular weight is 319 g/mol. The van der Waals surface area contributed by atoms with Gasteiger partial charge in [-0.25, -0.2) is 0 Å². The van der Waals surface area contributed by atoms with Gasteiger partial charge in [-0.3, -0.25) is 4.98 Å². The van der Waals surface area contributed by atoms with Crippen LogP contribution in [0, 0.1) is 6.92 Å². The topological polar surface area (TPSA) is 109 Å². The highest BCUT2D eigenvalue weighted by molar-refractivity contribution is 5.66. The van der Waals surface area contributed by atoms with E-state index in [1.54, 1.807) is 23.1 Å². The first kappa shape index (κ1) is 14.1. The highest BCUT2D eigenvalue weighted by Gasteiger charge is 2.20. The van der Waals surface area contributed by atoms with E-state index in [1.165, 1.54) is 0 Å². The fraction of sp³-hybridized carbons (Fsp3) is 0.0625. The smallest absolute Gasteiger partial charge is 0.282 e. The molecule has 118 valence electrons. The van der Waals surface area contributed by atoms with Crippen molar-refractivity contribution in [3.63, 3.8) is 0 Å². The third-order valence-corrected chi connectivity index (χ3v) is 3.60. The van der Waals surface area contributed by atoms with Gasteiger partial charge >= 0.3 is 0 Å². The SMILES string of the molecule is Cc1ccccc1-n1nnc(-c2nc(-c3cccnc3)no2)c1N. The summed E-state index contributed by atoms with van der Waals surface area (Å²) in [7, 11) is 0. The van der Waals surface area contributed by atoms with E-state index in [1.807, 2.05) is 37.3 Å². The summed E-state index contributed by atoms with van der Waals surface area (Å²) in [5.74, 6) is 0.972. The van der Waals surface area contributed by atoms with Gasteiger partial charge in [-0.05, 0) is 30.7 Å². The number of aromatic nitrogens is 6. The van der Waals surface area contributed by atoms with Crippen LogP contribution in [0.15, 0.2) is 53.3 Å². The Hall–Kier alpha value is -3.55. The number of anilines is 1. The number of hydrogen-bond donors (Lipinski definition) is 1. The van der Waals surface area contributed by atoms with Crippen LogP contribution in [-0.2, 0) is 0 Å². The van der Waals surface area contributed by atoms with Crippen LogP contribution in [0.5, 0.6) is 0 Å². The van der Waals surface area contributed by atoms with Crippen molar-refractivity contribution in [3.05, 3.63) is 54.4 Å². The molecule has 0 saturated heterocycles. The highest BCUT2D eigenvalue weighted by atomic mass is 16.5. The molecule has 0 aliphatic heterocycles. The van der Waals surface area contributed by atoms with Crippen molar-refractivity contribution in [2.24, 2.45) is 0 Å². The molecule has 4 aromatic rings. The lowest BCUT2D eigenvalue weighted by molar-refractivity contribution is 0.431. The number of pyridine rings is 1. The first-order valence-corrected chi connectivity index (χ1v) is 7.25. The van der Waals surface area contributed by atoms with Gasteiger partial charge in [0.2, 0.25) is 5.82 Å². The van der Waals surface area contributed by atoms with Gasteiger partial charge in [-0.1, -0.05) is 28.6 Å². The molecule has 8 heteroatoms. The van der Waals surface area contributed by atoms with Crippen molar-refractivity contribution in [1.29, 1.82) is 0 Å². The van der Waals surface area contributed by atoms with Gasteiger partial charge in [0.05, 0.1) is 5.69 Å². The summed E-state index contributed by atoms with van der Waals surface area (Å²) in [4.78, 5) is 8.36. The Morgan fingerprint density at radius 3 is 2.79 bits per heavy atom. The van der Waals surface area contributed by atoms with Crippen LogP contribution in [0.1, 0.15) is 5.56 Å². The maximum absolute atomic E-state index is 6.18. The van der Waals surface area contributed by atoms with Crippen molar-refractivity contribution in [2.75, 3.05) is 5.73 Å². The summed E-state index contributed by atoms with van der Waals surface area (Å²) in [5, 5.41) is 12.1. The highest BCUT2D eigenvalue weighted by Crippen LogP contribution is 2.26. The number of rotatable bonds is 3. The first-order chi connectivity index (χ1) is 11.7. The second-order valence-corrected chi connectivity index (χ2v) is 5.19. The average Bonchev–Trinajstić information content (AvgIpc) is 3.23. The van der Waals surface area contributed by atoms with Crippen LogP contribution < -0.4 is 5.73 Å². The molecule has 0 aliphatic rings. The molecule has 2 N–H and O–H groups in total. The Bertz CT molecular complexity index is 991. The molecule has 24 heavy (non-hydrogen) atoms. The number of para-hydroxylation sites is 1. The number of hydrogen-bond acceptors (Lipinski definition) is 7. The standard InChI is InChI=1S/C16H13N7O/c1-10-5-2-3-7-12(10)23-14(17)13(20-22-23)16-19-15(21-24-16)11-6-4-8-18-9-11/h2-9H,17H2,1H3. The molecule has 0 atom stereocenters. The van der Waals surface area contributed by atoms with Gasteiger partial charge in [0.25, 0.3) is 5.89 Å². The van der Waals surface area contributed by atoms with Crippen molar-refractivity contribution in [1.82, 2.24) is 30.1 Å². The Morgan fingerprint density at radius 2 is 2.00 bits per heavy atom. The molecule has 3 aromatic heterocycles. The van der Waals surface area contributed by atoms with E-state index in [9.17, 15) is 0 Å². The lowest BCUT2D eigenvalue weighted by atomic mass is 10.2. The Morgan fingerprint density at radius 1 is 1.12 bits per heavy atom. The quantitative estimate of drug-likeness (QED) is 0.617. The Labute approximate surface area is 137 Å². The van der Waals surface area contributed by atoms with Crippen LogP contribution >= 0.6 is 0 Å². The van der Waals surface area contributed by atoms with E-state index in [0.29, 0.717) is 17.3 Å². The molecule has 0 amide bonds. The van der Waals surface area contributed by atoms with Crippen molar-refractivity contribution < 1.29 is 4.52 Å². The van der Waals surface area contributed by atoms with Crippen LogP contribution in [0.25, 0.3) is 28.7 Å². The fourth-order valence-electron chi connectivity index (χ4n) is 2.35. The second-order valence-electron chi connectivity index (χ2n) is 5.19. The molecule has 1 aromatic carbocycles. The molecule has 0 radical (unpaired) electrons. The van der Waals surface area contributed by atoms with Crippen molar-refractivity contribution in [2.45, 2.75) is 6.92 Å². The number of nitrogens with two attached hydrogens (primary N) is 1. The molecule has 8 nitrogen and oxygen atoms in total. The van der Waals surface area contributed by atoms with Gasteiger partial charge in [-0.2, -0.15) is 9.67 Å². The number of nitrogen functional groups attached to an aromatic ring is 1. The number of nitrogens with zero attached hydrogens (tertiary/aromatic N) is 6. The number of aryl methyl sites for hydroxylation is 1. The van der Waals surface area contributed by atoms with Crippen LogP contribution in [-0.4, -0.2) is 30.1 Å². The summed E-state index contributed by atoms with van der Waals surface area (Å²) in [5.41, 5.74) is 9.16. The Kier molecular flexibility index (Phi) is 3.27. The van der Waals surface area contributed by atoms with Crippen LogP contribution in [0.2, 0.25) is 0 Å². The van der Waals surface area contributed by atoms with Crippen molar-refractivity contribution in [3.8, 4) is 28.7 Å². The van der Waals surface area contributed by atoms with Gasteiger partial charge < -0.3 is 10.3 Å². The first-order valence-electron chi connectivity index (χ1n) is 7.25. The van der Waals surface area contributed by atoms with E-state index < -0.39 is 0 Å². The molecule has 0 bridgehead atoms. The molecular formula is C16H13N7O. The summed E-state index contributed by atoms with van der Waals surface area (Å²) in [6, 6.07) is 11.4. The van der Waals surface area contributed by atoms with E-state index >= 15 is 0 Å². The summed E-state index contributed by atoms with van der Waals surface area (Å²) >= 11 is 0. The lowest BCUT2D eigenvalue weighted by Crippen LogP contribution is -2.04. The van der Waals surface area contributed by atoms with Gasteiger partial charge in [0, 0.05) is 18.0 Å². The van der Waals surface area contributed by atoms with Crippen LogP contribution in [0.3, 0.4) is 0 Å². The van der Waals surface area contributed by atoms with Crippen LogP contribution in [0.4, 0.5) is 5.82 Å². The zero-order chi connectivity index (χ0) is 16.5. The molecule has 0 fully saturated rings. The maximum Gasteiger partial charge on any atom is 0.282 e. The minimum Gasteiger partial charge on any atom is -0.382 e. The molecule has 0 unspecified atom stereocenters. The number of benzene rings is 1. The maximum atomic E-state index is 6.18. The summed E-state index contributed by atoms with van der Waals surface area (Å²) in [6.07, 6.45) is 3.33. The molecular weight excluding hydrogens is 306 g/mol. The monoisotopic (exact) mass is 319 g/mol. The molecule has 0 spiro atoms. The normalized spacial score (nSPS) is 10.9. The van der Waals surface area contributed by atoms with E-state index in [2.05, 4.69) is 25.4 Å². The summed E-state index contributed by atoms with van der Waals surface area (Å²) in [6.45, 7) is 1.98. The molecule has 0 aliphatic carbocycles. The predicted molar refractivity (Wildman–Crippen MR) is 87.0 cm³/mol. The second kappa shape index (κ2) is 5.58. The molecule has 3 heterocycles. The minimum absolute atomic E-state index is 0.214. The van der Waals surface area contributed by atoms with Gasteiger partial charge in [-0.15, -0.1) is 5.10 Å². The minimum atomic E-state index is 0.214. The van der Waals surface area contributed by atoms with E-state index in [0.717, 1.165) is 16.8 Å². The molecule has 0 saturated carbocycles. The fourth-order valence-corrected chi connectivity index (χ4v) is 2.35. The zero-order valence-electron chi connectivity index (χ0n) is 12.8. The zero-order valence-corrected chi connectivity index (χ0v) is 12.8.